The second kappa shape index (κ2) is 7.22. The van der Waals surface area contributed by atoms with Crippen LogP contribution in [-0.2, 0) is 6.54 Å². The van der Waals surface area contributed by atoms with Gasteiger partial charge in [-0.25, -0.2) is 4.98 Å². The van der Waals surface area contributed by atoms with Crippen molar-refractivity contribution in [1.29, 1.82) is 0 Å². The quantitative estimate of drug-likeness (QED) is 0.768. The first kappa shape index (κ1) is 13.0. The fourth-order valence-electron chi connectivity index (χ4n) is 1.26. The minimum Gasteiger partial charge on any atom is -0.395 e. The maximum atomic E-state index is 9.15. The van der Waals surface area contributed by atoms with Gasteiger partial charge in [0, 0.05) is 18.0 Å². The monoisotopic (exact) mass is 246 g/mol. The van der Waals surface area contributed by atoms with Crippen LogP contribution in [0.4, 0.5) is 0 Å². The van der Waals surface area contributed by atoms with Gasteiger partial charge in [-0.05, 0) is 25.4 Å². The molecule has 0 fully saturated rings. The minimum absolute atomic E-state index is 0.194. The third kappa shape index (κ3) is 4.97. The van der Waals surface area contributed by atoms with Crippen molar-refractivity contribution in [3.63, 3.8) is 0 Å². The van der Waals surface area contributed by atoms with Crippen LogP contribution in [0.15, 0.2) is 5.38 Å². The highest BCUT2D eigenvalue weighted by atomic mass is 32.2. The summed E-state index contributed by atoms with van der Waals surface area (Å²) in [5, 5.41) is 15.6. The van der Waals surface area contributed by atoms with Crippen molar-refractivity contribution in [2.45, 2.75) is 25.9 Å². The van der Waals surface area contributed by atoms with Crippen LogP contribution in [0.1, 0.15) is 17.1 Å². The highest BCUT2D eigenvalue weighted by Crippen LogP contribution is 2.08. The summed E-state index contributed by atoms with van der Waals surface area (Å²) in [7, 11) is 0. The third-order valence-corrected chi connectivity index (χ3v) is 3.60. The lowest BCUT2D eigenvalue weighted by Gasteiger charge is -2.14. The van der Waals surface area contributed by atoms with Gasteiger partial charge in [-0.15, -0.1) is 11.3 Å². The topological polar surface area (TPSA) is 45.1 Å². The van der Waals surface area contributed by atoms with E-state index in [2.05, 4.69) is 21.9 Å². The Hall–Kier alpha value is -0.100. The van der Waals surface area contributed by atoms with E-state index in [4.69, 9.17) is 5.11 Å². The molecule has 0 saturated heterocycles. The fourth-order valence-corrected chi connectivity index (χ4v) is 2.39. The lowest BCUT2D eigenvalue weighted by Crippen LogP contribution is -2.32. The number of nitrogens with zero attached hydrogens (tertiary/aromatic N) is 1. The zero-order valence-electron chi connectivity index (χ0n) is 9.19. The van der Waals surface area contributed by atoms with Gasteiger partial charge in [-0.2, -0.15) is 11.8 Å². The number of aliphatic hydroxyl groups excluding tert-OH is 1. The fraction of sp³-hybridized carbons (Fsp3) is 0.700. The molecule has 0 spiro atoms. The summed E-state index contributed by atoms with van der Waals surface area (Å²) in [6.45, 7) is 2.96. The average Bonchev–Trinajstić information content (AvgIpc) is 2.65. The van der Waals surface area contributed by atoms with Crippen molar-refractivity contribution >= 4 is 23.1 Å². The average molecular weight is 246 g/mol. The predicted octanol–water partition coefficient (Wildman–Crippen LogP) is 1.66. The van der Waals surface area contributed by atoms with E-state index in [1.807, 2.05) is 6.92 Å². The van der Waals surface area contributed by atoms with Crippen LogP contribution in [0.2, 0.25) is 0 Å². The van der Waals surface area contributed by atoms with Crippen LogP contribution in [0.3, 0.4) is 0 Å². The number of rotatable bonds is 7. The summed E-state index contributed by atoms with van der Waals surface area (Å²) in [4.78, 5) is 4.37. The molecule has 0 saturated carbocycles. The molecule has 0 aromatic carbocycles. The normalized spacial score (nSPS) is 13.0. The maximum absolute atomic E-state index is 9.15. The van der Waals surface area contributed by atoms with Crippen molar-refractivity contribution in [1.82, 2.24) is 10.3 Å². The minimum atomic E-state index is 0.194. The molecular formula is C10H18N2OS2. The van der Waals surface area contributed by atoms with Crippen molar-refractivity contribution in [2.75, 3.05) is 18.6 Å². The lowest BCUT2D eigenvalue weighted by molar-refractivity contribution is 0.238. The second-order valence-corrected chi connectivity index (χ2v) is 5.45. The molecule has 0 amide bonds. The number of aliphatic hydroxyl groups is 1. The first-order valence-corrected chi connectivity index (χ1v) is 7.27. The van der Waals surface area contributed by atoms with Gasteiger partial charge in [-0.3, -0.25) is 0 Å². The number of thioether (sulfide) groups is 1. The van der Waals surface area contributed by atoms with Crippen LogP contribution < -0.4 is 5.32 Å². The van der Waals surface area contributed by atoms with Gasteiger partial charge < -0.3 is 10.4 Å². The molecule has 1 unspecified atom stereocenters. The Bertz CT molecular complexity index is 278. The third-order valence-electron chi connectivity index (χ3n) is 2.13. The number of nitrogens with one attached hydrogen (secondary N) is 1. The summed E-state index contributed by atoms with van der Waals surface area (Å²) >= 11 is 3.47. The smallest absolute Gasteiger partial charge is 0.0897 e. The Kier molecular flexibility index (Phi) is 6.24. The molecule has 86 valence electrons. The van der Waals surface area contributed by atoms with E-state index >= 15 is 0 Å². The molecule has 15 heavy (non-hydrogen) atoms. The van der Waals surface area contributed by atoms with E-state index in [0.717, 1.165) is 29.4 Å². The summed E-state index contributed by atoms with van der Waals surface area (Å²) in [5.74, 6) is 1.08. The summed E-state index contributed by atoms with van der Waals surface area (Å²) in [6.07, 6.45) is 3.08. The number of aryl methyl sites for hydroxylation is 1. The highest BCUT2D eigenvalue weighted by molar-refractivity contribution is 7.98. The maximum Gasteiger partial charge on any atom is 0.0897 e. The Morgan fingerprint density at radius 1 is 1.67 bits per heavy atom. The summed E-state index contributed by atoms with van der Waals surface area (Å²) in [6, 6.07) is 0.194. The first-order chi connectivity index (χ1) is 7.26. The van der Waals surface area contributed by atoms with E-state index < -0.39 is 0 Å². The number of hydrogen-bond donors (Lipinski definition) is 2. The molecule has 1 aromatic heterocycles. The van der Waals surface area contributed by atoms with Crippen LogP contribution in [0, 0.1) is 6.92 Å². The Balaban J connectivity index is 2.27. The van der Waals surface area contributed by atoms with Gasteiger partial charge in [0.2, 0.25) is 0 Å². The predicted molar refractivity (Wildman–Crippen MR) is 67.6 cm³/mol. The van der Waals surface area contributed by atoms with Crippen LogP contribution in [0.5, 0.6) is 0 Å². The molecule has 0 aliphatic carbocycles. The second-order valence-electron chi connectivity index (χ2n) is 3.40. The van der Waals surface area contributed by atoms with E-state index in [1.54, 1.807) is 23.1 Å². The van der Waals surface area contributed by atoms with E-state index in [9.17, 15) is 0 Å². The molecule has 0 aliphatic heterocycles. The molecular weight excluding hydrogens is 228 g/mol. The summed E-state index contributed by atoms with van der Waals surface area (Å²) < 4.78 is 0. The molecule has 1 rings (SSSR count). The van der Waals surface area contributed by atoms with Crippen LogP contribution in [-0.4, -0.2) is 34.7 Å². The summed E-state index contributed by atoms with van der Waals surface area (Å²) in [5.41, 5.74) is 1.07. The molecule has 3 nitrogen and oxygen atoms in total. The van der Waals surface area contributed by atoms with Gasteiger partial charge >= 0.3 is 0 Å². The van der Waals surface area contributed by atoms with Gasteiger partial charge in [-0.1, -0.05) is 0 Å². The molecule has 1 atom stereocenters. The standard InChI is InChI=1S/C10H18N2OS2/c1-8-12-10(7-15-8)5-11-9(6-13)3-4-14-2/h7,9,11,13H,3-6H2,1-2H3. The van der Waals surface area contributed by atoms with Gasteiger partial charge in [0.25, 0.3) is 0 Å². The Morgan fingerprint density at radius 2 is 2.47 bits per heavy atom. The molecule has 5 heteroatoms. The molecule has 0 bridgehead atoms. The van der Waals surface area contributed by atoms with E-state index in [-0.39, 0.29) is 12.6 Å². The van der Waals surface area contributed by atoms with Crippen LogP contribution in [0.25, 0.3) is 0 Å². The zero-order valence-corrected chi connectivity index (χ0v) is 10.8. The van der Waals surface area contributed by atoms with Gasteiger partial charge in [0.05, 0.1) is 17.3 Å². The van der Waals surface area contributed by atoms with E-state index in [0.29, 0.717) is 0 Å². The first-order valence-electron chi connectivity index (χ1n) is 5.00. The molecule has 0 aliphatic rings. The van der Waals surface area contributed by atoms with Crippen molar-refractivity contribution in [2.24, 2.45) is 0 Å². The molecule has 2 N–H and O–H groups in total. The lowest BCUT2D eigenvalue weighted by atomic mass is 10.2. The van der Waals surface area contributed by atoms with Crippen molar-refractivity contribution in [3.8, 4) is 0 Å². The molecule has 0 radical (unpaired) electrons. The molecule has 1 aromatic rings. The largest absolute Gasteiger partial charge is 0.395 e. The van der Waals surface area contributed by atoms with Crippen molar-refractivity contribution in [3.05, 3.63) is 16.1 Å². The van der Waals surface area contributed by atoms with Crippen molar-refractivity contribution < 1.29 is 5.11 Å². The number of thiazole rings is 1. The highest BCUT2D eigenvalue weighted by Gasteiger charge is 2.06. The van der Waals surface area contributed by atoms with Crippen LogP contribution >= 0.6 is 23.1 Å². The molecule has 1 heterocycles. The number of hydrogen-bond acceptors (Lipinski definition) is 5. The van der Waals surface area contributed by atoms with Gasteiger partial charge in [0.15, 0.2) is 0 Å². The van der Waals surface area contributed by atoms with E-state index in [1.165, 1.54) is 0 Å². The zero-order chi connectivity index (χ0) is 11.1. The Labute approximate surface area is 99.3 Å². The number of aromatic nitrogens is 1. The Morgan fingerprint density at radius 3 is 3.00 bits per heavy atom. The van der Waals surface area contributed by atoms with Gasteiger partial charge in [0.1, 0.15) is 0 Å². The SMILES string of the molecule is CSCCC(CO)NCc1csc(C)n1.